The third kappa shape index (κ3) is 2.43. The molecule has 3 nitrogen and oxygen atoms in total. The number of benzene rings is 2. The van der Waals surface area contributed by atoms with Gasteiger partial charge in [-0.15, -0.1) is 0 Å². The van der Waals surface area contributed by atoms with Crippen molar-refractivity contribution in [2.45, 2.75) is 42.5 Å². The van der Waals surface area contributed by atoms with Crippen molar-refractivity contribution in [3.63, 3.8) is 0 Å². The molecule has 0 radical (unpaired) electrons. The summed E-state index contributed by atoms with van der Waals surface area (Å²) in [6, 6.07) is 14.7. The van der Waals surface area contributed by atoms with E-state index in [0.717, 1.165) is 35.4 Å². The summed E-state index contributed by atoms with van der Waals surface area (Å²) in [5.41, 5.74) is 4.60. The molecule has 0 aromatic heterocycles. The zero-order valence-electron chi connectivity index (χ0n) is 13.9. The predicted octanol–water partition coefficient (Wildman–Crippen LogP) is 3.81. The van der Waals surface area contributed by atoms with Crippen LogP contribution in [-0.4, -0.2) is 28.5 Å². The van der Waals surface area contributed by atoms with E-state index in [1.807, 2.05) is 18.2 Å². The topological polar surface area (TPSA) is 37.4 Å². The molecule has 1 fully saturated rings. The van der Waals surface area contributed by atoms with E-state index in [9.17, 15) is 9.59 Å². The van der Waals surface area contributed by atoms with Gasteiger partial charge in [-0.25, -0.2) is 0 Å². The van der Waals surface area contributed by atoms with E-state index >= 15 is 0 Å². The minimum atomic E-state index is 0.116. The summed E-state index contributed by atoms with van der Waals surface area (Å²) in [6.07, 6.45) is 3.67. The molecule has 1 saturated heterocycles. The van der Waals surface area contributed by atoms with Gasteiger partial charge in [0.05, 0.1) is 0 Å². The quantitative estimate of drug-likeness (QED) is 0.786. The molecule has 2 aromatic carbocycles. The second-order valence-electron chi connectivity index (χ2n) is 7.19. The van der Waals surface area contributed by atoms with Gasteiger partial charge in [-0.1, -0.05) is 42.1 Å². The molecule has 126 valence electrons. The number of fused-ring (bicyclic) bond motifs is 4. The minimum Gasteiger partial charge on any atom is -0.335 e. The number of rotatable bonds is 1. The molecular weight excluding hydrogens is 330 g/mol. The summed E-state index contributed by atoms with van der Waals surface area (Å²) in [7, 11) is 0. The van der Waals surface area contributed by atoms with Crippen LogP contribution >= 0.6 is 11.8 Å². The number of carbonyl (C=O) groups is 2. The standard InChI is InChI=1S/C21H19NO2S/c23-20-12-14-7-8-15(11-19(14)25-20)21(24)22-9-3-6-17-16-5-2-1-4-13(16)10-18(17)22/h1-2,4-5,7-8,11,17-18H,3,6,9-10,12H2/t17?,18-/m0/s1. The maximum absolute atomic E-state index is 13.2. The smallest absolute Gasteiger partial charge is 0.254 e. The predicted molar refractivity (Wildman–Crippen MR) is 98.0 cm³/mol. The normalized spacial score (nSPS) is 24.0. The number of amides is 1. The highest BCUT2D eigenvalue weighted by Crippen LogP contribution is 2.42. The van der Waals surface area contributed by atoms with E-state index in [1.165, 1.54) is 29.3 Å². The van der Waals surface area contributed by atoms with Crippen LogP contribution in [0.2, 0.25) is 0 Å². The molecule has 1 unspecified atom stereocenters. The highest BCUT2D eigenvalue weighted by molar-refractivity contribution is 8.14. The molecular formula is C21H19NO2S. The average molecular weight is 349 g/mol. The first-order valence-corrected chi connectivity index (χ1v) is 9.75. The van der Waals surface area contributed by atoms with Gasteiger partial charge in [-0.2, -0.15) is 0 Å². The van der Waals surface area contributed by atoms with Gasteiger partial charge in [0.1, 0.15) is 0 Å². The largest absolute Gasteiger partial charge is 0.335 e. The molecule has 25 heavy (non-hydrogen) atoms. The summed E-state index contributed by atoms with van der Waals surface area (Å²) >= 11 is 1.27. The summed E-state index contributed by atoms with van der Waals surface area (Å²) in [6.45, 7) is 0.831. The lowest BCUT2D eigenvalue weighted by Gasteiger charge is -2.38. The zero-order valence-corrected chi connectivity index (χ0v) is 14.7. The Hall–Kier alpha value is -2.07. The summed E-state index contributed by atoms with van der Waals surface area (Å²) < 4.78 is 0. The van der Waals surface area contributed by atoms with Crippen LogP contribution in [0.4, 0.5) is 0 Å². The van der Waals surface area contributed by atoms with Crippen molar-refractivity contribution < 1.29 is 9.59 Å². The fraction of sp³-hybridized carbons (Fsp3) is 0.333. The lowest BCUT2D eigenvalue weighted by molar-refractivity contribution is -0.110. The van der Waals surface area contributed by atoms with Crippen LogP contribution in [0.3, 0.4) is 0 Å². The highest BCUT2D eigenvalue weighted by atomic mass is 32.2. The van der Waals surface area contributed by atoms with E-state index in [1.54, 1.807) is 0 Å². The van der Waals surface area contributed by atoms with Gasteiger partial charge in [0.2, 0.25) is 0 Å². The van der Waals surface area contributed by atoms with Crippen LogP contribution in [0.25, 0.3) is 0 Å². The van der Waals surface area contributed by atoms with Gasteiger partial charge < -0.3 is 4.90 Å². The molecule has 1 amide bonds. The summed E-state index contributed by atoms with van der Waals surface area (Å²) in [5, 5.41) is 0.170. The van der Waals surface area contributed by atoms with Crippen LogP contribution in [0, 0.1) is 0 Å². The van der Waals surface area contributed by atoms with Crippen molar-refractivity contribution in [2.24, 2.45) is 0 Å². The number of carbonyl (C=O) groups excluding carboxylic acids is 2. The number of nitrogens with zero attached hydrogens (tertiary/aromatic N) is 1. The van der Waals surface area contributed by atoms with E-state index < -0.39 is 0 Å². The van der Waals surface area contributed by atoms with Gasteiger partial charge in [0, 0.05) is 35.4 Å². The SMILES string of the molecule is O=C1Cc2ccc(C(=O)N3CCCC4c5ccccc5C[C@@H]43)cc2S1. The van der Waals surface area contributed by atoms with E-state index in [-0.39, 0.29) is 17.1 Å². The van der Waals surface area contributed by atoms with Crippen LogP contribution in [-0.2, 0) is 17.6 Å². The lowest BCUT2D eigenvalue weighted by atomic mass is 9.88. The Morgan fingerprint density at radius 1 is 1.12 bits per heavy atom. The van der Waals surface area contributed by atoms with Crippen molar-refractivity contribution in [3.8, 4) is 0 Å². The van der Waals surface area contributed by atoms with E-state index in [2.05, 4.69) is 29.2 Å². The van der Waals surface area contributed by atoms with Crippen molar-refractivity contribution >= 4 is 22.8 Å². The van der Waals surface area contributed by atoms with E-state index in [4.69, 9.17) is 0 Å². The Kier molecular flexibility index (Phi) is 3.49. The molecule has 0 saturated carbocycles. The minimum absolute atomic E-state index is 0.116. The van der Waals surface area contributed by atoms with Gasteiger partial charge in [0.15, 0.2) is 5.12 Å². The Bertz CT molecular complexity index is 891. The van der Waals surface area contributed by atoms with Crippen molar-refractivity contribution in [3.05, 3.63) is 64.7 Å². The molecule has 0 bridgehead atoms. The van der Waals surface area contributed by atoms with Crippen LogP contribution in [0.15, 0.2) is 47.4 Å². The van der Waals surface area contributed by atoms with Gasteiger partial charge in [-0.3, -0.25) is 9.59 Å². The number of thioether (sulfide) groups is 1. The summed E-state index contributed by atoms with van der Waals surface area (Å²) in [5.74, 6) is 0.588. The zero-order chi connectivity index (χ0) is 17.0. The first-order chi connectivity index (χ1) is 12.2. The number of piperidine rings is 1. The first-order valence-electron chi connectivity index (χ1n) is 8.93. The summed E-state index contributed by atoms with van der Waals surface area (Å²) in [4.78, 5) is 27.9. The monoisotopic (exact) mass is 349 g/mol. The number of hydrogen-bond donors (Lipinski definition) is 0. The molecule has 2 atom stereocenters. The van der Waals surface area contributed by atoms with Crippen molar-refractivity contribution in [1.82, 2.24) is 4.90 Å². The second kappa shape index (κ2) is 5.73. The Morgan fingerprint density at radius 3 is 2.92 bits per heavy atom. The molecule has 2 heterocycles. The number of likely N-dealkylation sites (tertiary alicyclic amines) is 1. The highest BCUT2D eigenvalue weighted by Gasteiger charge is 2.40. The third-order valence-corrected chi connectivity index (χ3v) is 6.77. The Morgan fingerprint density at radius 2 is 2.00 bits per heavy atom. The number of hydrogen-bond acceptors (Lipinski definition) is 3. The maximum Gasteiger partial charge on any atom is 0.254 e. The van der Waals surface area contributed by atoms with Gasteiger partial charge >= 0.3 is 0 Å². The lowest BCUT2D eigenvalue weighted by Crippen LogP contribution is -2.46. The maximum atomic E-state index is 13.2. The molecule has 2 aliphatic heterocycles. The van der Waals surface area contributed by atoms with Crippen molar-refractivity contribution in [2.75, 3.05) is 6.54 Å². The average Bonchev–Trinajstić information content (AvgIpc) is 3.19. The Balaban J connectivity index is 1.45. The van der Waals surface area contributed by atoms with Gasteiger partial charge in [-0.05, 0) is 48.1 Å². The van der Waals surface area contributed by atoms with Crippen LogP contribution in [0.5, 0.6) is 0 Å². The molecule has 5 rings (SSSR count). The van der Waals surface area contributed by atoms with Crippen LogP contribution < -0.4 is 0 Å². The van der Waals surface area contributed by atoms with E-state index in [0.29, 0.717) is 12.3 Å². The molecule has 3 aliphatic rings. The molecule has 4 heteroatoms. The van der Waals surface area contributed by atoms with Crippen molar-refractivity contribution in [1.29, 1.82) is 0 Å². The first kappa shape index (κ1) is 15.2. The fourth-order valence-corrected chi connectivity index (χ4v) is 5.57. The fourth-order valence-electron chi connectivity index (χ4n) is 4.64. The molecule has 0 N–H and O–H groups in total. The van der Waals surface area contributed by atoms with Gasteiger partial charge in [0.25, 0.3) is 5.91 Å². The Labute approximate surface area is 151 Å². The van der Waals surface area contributed by atoms with Crippen LogP contribution in [0.1, 0.15) is 45.8 Å². The second-order valence-corrected chi connectivity index (χ2v) is 8.29. The molecule has 0 spiro atoms. The molecule has 1 aliphatic carbocycles. The third-order valence-electron chi connectivity index (χ3n) is 5.80. The molecule has 2 aromatic rings.